The zero-order valence-electron chi connectivity index (χ0n) is 16.3. The summed E-state index contributed by atoms with van der Waals surface area (Å²) in [4.78, 5) is 12.3. The topological polar surface area (TPSA) is 103 Å². The fourth-order valence-electron chi connectivity index (χ4n) is 2.62. The maximum Gasteiger partial charge on any atom is 0.251 e. The molecule has 0 saturated heterocycles. The number of nitrogens with zero attached hydrogens (tertiary/aromatic N) is 1. The fourth-order valence-corrected chi connectivity index (χ4v) is 3.69. The number of nitrogens with one attached hydrogen (secondary N) is 1. The van der Waals surface area contributed by atoms with Gasteiger partial charge in [-0.3, -0.25) is 4.79 Å². The highest BCUT2D eigenvalue weighted by atomic mass is 32.2. The summed E-state index contributed by atoms with van der Waals surface area (Å²) in [7, 11) is 0.435. The summed E-state index contributed by atoms with van der Waals surface area (Å²) < 4.78 is 47.2. The predicted molar refractivity (Wildman–Crippen MR) is 104 cm³/mol. The summed E-state index contributed by atoms with van der Waals surface area (Å²) in [5.74, 6) is 1.61. The second-order valence-electron chi connectivity index (χ2n) is 6.27. The van der Waals surface area contributed by atoms with Gasteiger partial charge in [-0.2, -0.15) is 0 Å². The number of amides is 1. The van der Waals surface area contributed by atoms with E-state index in [1.807, 2.05) is 0 Å². The highest BCUT2D eigenvalue weighted by molar-refractivity contribution is 7.89. The number of carbonyl (C=O) groups is 1. The standard InChI is InChI=1S/C19H22N2O7S/c1-21(2)29(23,24)18-10-13(4-6-16(18)25-3)19(22)20-8-9-26-14-5-7-15-17(11-14)28-12-27-15/h4-7,10-11H,8-9,12H2,1-3H3,(H,20,22). The van der Waals surface area contributed by atoms with Gasteiger partial charge in [0.05, 0.1) is 13.7 Å². The van der Waals surface area contributed by atoms with Crippen LogP contribution in [0.4, 0.5) is 0 Å². The molecular weight excluding hydrogens is 400 g/mol. The van der Waals surface area contributed by atoms with Crippen molar-refractivity contribution in [1.82, 2.24) is 9.62 Å². The van der Waals surface area contributed by atoms with Gasteiger partial charge >= 0.3 is 0 Å². The van der Waals surface area contributed by atoms with Gasteiger partial charge in [-0.15, -0.1) is 0 Å². The minimum Gasteiger partial charge on any atom is -0.495 e. The molecule has 9 nitrogen and oxygen atoms in total. The maximum atomic E-state index is 12.5. The first-order valence-electron chi connectivity index (χ1n) is 8.74. The van der Waals surface area contributed by atoms with Gasteiger partial charge in [-0.05, 0) is 30.3 Å². The molecule has 0 atom stereocenters. The Morgan fingerprint density at radius 3 is 2.62 bits per heavy atom. The summed E-state index contributed by atoms with van der Waals surface area (Å²) in [6.07, 6.45) is 0. The lowest BCUT2D eigenvalue weighted by Gasteiger charge is -2.15. The smallest absolute Gasteiger partial charge is 0.251 e. The quantitative estimate of drug-likeness (QED) is 0.643. The van der Waals surface area contributed by atoms with Crippen LogP contribution in [0.5, 0.6) is 23.0 Å². The van der Waals surface area contributed by atoms with Crippen LogP contribution in [0.1, 0.15) is 10.4 Å². The van der Waals surface area contributed by atoms with Gasteiger partial charge in [0.15, 0.2) is 11.5 Å². The highest BCUT2D eigenvalue weighted by Crippen LogP contribution is 2.35. The average molecular weight is 422 g/mol. The molecular formula is C19H22N2O7S. The van der Waals surface area contributed by atoms with Crippen molar-refractivity contribution < 1.29 is 32.2 Å². The number of rotatable bonds is 8. The number of ether oxygens (including phenoxy) is 4. The van der Waals surface area contributed by atoms with E-state index in [1.165, 1.54) is 39.4 Å². The van der Waals surface area contributed by atoms with E-state index < -0.39 is 15.9 Å². The van der Waals surface area contributed by atoms with Gasteiger partial charge in [-0.1, -0.05) is 0 Å². The van der Waals surface area contributed by atoms with E-state index >= 15 is 0 Å². The Balaban J connectivity index is 1.60. The molecule has 0 radical (unpaired) electrons. The molecule has 0 fully saturated rings. The third kappa shape index (κ3) is 4.54. The zero-order chi connectivity index (χ0) is 21.0. The number of methoxy groups -OCH3 is 1. The summed E-state index contributed by atoms with van der Waals surface area (Å²) in [5.41, 5.74) is 0.203. The van der Waals surface area contributed by atoms with Crippen molar-refractivity contribution >= 4 is 15.9 Å². The number of carbonyl (C=O) groups excluding carboxylic acids is 1. The van der Waals surface area contributed by atoms with Crippen LogP contribution in [0.15, 0.2) is 41.3 Å². The lowest BCUT2D eigenvalue weighted by molar-refractivity contribution is 0.0946. The Morgan fingerprint density at radius 1 is 1.14 bits per heavy atom. The molecule has 1 heterocycles. The largest absolute Gasteiger partial charge is 0.495 e. The second kappa shape index (κ2) is 8.58. The van der Waals surface area contributed by atoms with E-state index in [0.717, 1.165) is 4.31 Å². The Bertz CT molecular complexity index is 1010. The summed E-state index contributed by atoms with van der Waals surface area (Å²) in [5, 5.41) is 2.70. The molecule has 29 heavy (non-hydrogen) atoms. The number of hydrogen-bond donors (Lipinski definition) is 1. The molecule has 1 aliphatic rings. The lowest BCUT2D eigenvalue weighted by Crippen LogP contribution is -2.28. The van der Waals surface area contributed by atoms with Gasteiger partial charge in [0.1, 0.15) is 23.0 Å². The molecule has 0 aromatic heterocycles. The monoisotopic (exact) mass is 422 g/mol. The minimum absolute atomic E-state index is 0.0748. The Kier molecular flexibility index (Phi) is 6.14. The van der Waals surface area contributed by atoms with E-state index in [0.29, 0.717) is 17.2 Å². The molecule has 2 aromatic rings. The molecule has 1 N–H and O–H groups in total. The molecule has 0 bridgehead atoms. The van der Waals surface area contributed by atoms with Crippen LogP contribution in [-0.4, -0.2) is 59.8 Å². The van der Waals surface area contributed by atoms with E-state index in [-0.39, 0.29) is 36.2 Å². The first-order valence-corrected chi connectivity index (χ1v) is 10.2. The Labute approximate surface area is 169 Å². The minimum atomic E-state index is -3.76. The van der Waals surface area contributed by atoms with Crippen molar-refractivity contribution in [3.8, 4) is 23.0 Å². The predicted octanol–water partition coefficient (Wildman–Crippen LogP) is 1.48. The molecule has 3 rings (SSSR count). The zero-order valence-corrected chi connectivity index (χ0v) is 17.1. The van der Waals surface area contributed by atoms with Gasteiger partial charge in [0.2, 0.25) is 16.8 Å². The number of sulfonamides is 1. The molecule has 156 valence electrons. The van der Waals surface area contributed by atoms with Crippen molar-refractivity contribution in [1.29, 1.82) is 0 Å². The van der Waals surface area contributed by atoms with Crippen molar-refractivity contribution in [3.05, 3.63) is 42.0 Å². The van der Waals surface area contributed by atoms with Gasteiger partial charge < -0.3 is 24.3 Å². The molecule has 0 aliphatic carbocycles. The molecule has 0 spiro atoms. The fraction of sp³-hybridized carbons (Fsp3) is 0.316. The third-order valence-electron chi connectivity index (χ3n) is 4.18. The number of fused-ring (bicyclic) bond motifs is 1. The summed E-state index contributed by atoms with van der Waals surface area (Å²) >= 11 is 0. The van der Waals surface area contributed by atoms with Crippen LogP contribution >= 0.6 is 0 Å². The van der Waals surface area contributed by atoms with Crippen LogP contribution in [0.25, 0.3) is 0 Å². The van der Waals surface area contributed by atoms with Crippen LogP contribution < -0.4 is 24.3 Å². The van der Waals surface area contributed by atoms with E-state index in [2.05, 4.69) is 5.32 Å². The first kappa shape index (κ1) is 20.7. The molecule has 1 aliphatic heterocycles. The van der Waals surface area contributed by atoms with Gasteiger partial charge in [0, 0.05) is 25.7 Å². The van der Waals surface area contributed by atoms with Crippen LogP contribution in [-0.2, 0) is 10.0 Å². The van der Waals surface area contributed by atoms with Crippen molar-refractivity contribution in [2.75, 3.05) is 41.1 Å². The summed E-state index contributed by atoms with van der Waals surface area (Å²) in [6.45, 7) is 0.641. The van der Waals surface area contributed by atoms with Crippen LogP contribution in [0, 0.1) is 0 Å². The average Bonchev–Trinajstić information content (AvgIpc) is 3.18. The second-order valence-corrected chi connectivity index (χ2v) is 8.39. The SMILES string of the molecule is COc1ccc(C(=O)NCCOc2ccc3c(c2)OCO3)cc1S(=O)(=O)N(C)C. The third-order valence-corrected chi connectivity index (χ3v) is 6.02. The van der Waals surface area contributed by atoms with Crippen LogP contribution in [0.3, 0.4) is 0 Å². The molecule has 0 unspecified atom stereocenters. The molecule has 10 heteroatoms. The first-order chi connectivity index (χ1) is 13.8. The summed E-state index contributed by atoms with van der Waals surface area (Å²) in [6, 6.07) is 9.46. The van der Waals surface area contributed by atoms with Crippen molar-refractivity contribution in [2.24, 2.45) is 0 Å². The molecule has 0 saturated carbocycles. The van der Waals surface area contributed by atoms with E-state index in [4.69, 9.17) is 18.9 Å². The van der Waals surface area contributed by atoms with E-state index in [1.54, 1.807) is 18.2 Å². The Hall–Kier alpha value is -2.98. The normalized spacial score (nSPS) is 12.7. The number of hydrogen-bond acceptors (Lipinski definition) is 7. The Morgan fingerprint density at radius 2 is 1.90 bits per heavy atom. The lowest BCUT2D eigenvalue weighted by atomic mass is 10.2. The van der Waals surface area contributed by atoms with Gasteiger partial charge in [-0.25, -0.2) is 12.7 Å². The molecule has 1 amide bonds. The highest BCUT2D eigenvalue weighted by Gasteiger charge is 2.24. The number of benzene rings is 2. The maximum absolute atomic E-state index is 12.5. The molecule has 2 aromatic carbocycles. The van der Waals surface area contributed by atoms with Crippen LogP contribution in [0.2, 0.25) is 0 Å². The van der Waals surface area contributed by atoms with E-state index in [9.17, 15) is 13.2 Å². The van der Waals surface area contributed by atoms with Gasteiger partial charge in [0.25, 0.3) is 5.91 Å². The van der Waals surface area contributed by atoms with Crippen molar-refractivity contribution in [2.45, 2.75) is 4.90 Å². The van der Waals surface area contributed by atoms with Crippen molar-refractivity contribution in [3.63, 3.8) is 0 Å².